The van der Waals surface area contributed by atoms with Gasteiger partial charge in [-0.2, -0.15) is 0 Å². The lowest BCUT2D eigenvalue weighted by atomic mass is 9.87. The Hall–Kier alpha value is -2.87. The SMILES string of the molecule is Cc1ccc(C(C)(C)C)cc1S(=O)(=O)Nc1ccccc1C(=O)OC1CCOC1=O. The van der Waals surface area contributed by atoms with E-state index < -0.39 is 28.1 Å². The maximum Gasteiger partial charge on any atom is 0.347 e. The molecule has 1 aliphatic rings. The Morgan fingerprint density at radius 3 is 2.50 bits per heavy atom. The largest absolute Gasteiger partial charge is 0.463 e. The highest BCUT2D eigenvalue weighted by atomic mass is 32.2. The second kappa shape index (κ2) is 8.10. The Kier molecular flexibility index (Phi) is 5.90. The lowest BCUT2D eigenvalue weighted by molar-refractivity contribution is -0.145. The van der Waals surface area contributed by atoms with Crippen LogP contribution in [-0.2, 0) is 29.7 Å². The molecule has 0 saturated carbocycles. The summed E-state index contributed by atoms with van der Waals surface area (Å²) in [7, 11) is -3.97. The smallest absolute Gasteiger partial charge is 0.347 e. The minimum Gasteiger partial charge on any atom is -0.463 e. The number of esters is 2. The van der Waals surface area contributed by atoms with Crippen molar-refractivity contribution in [2.75, 3.05) is 11.3 Å². The molecule has 1 aliphatic heterocycles. The first-order valence-electron chi connectivity index (χ1n) is 9.59. The fourth-order valence-corrected chi connectivity index (χ4v) is 4.43. The van der Waals surface area contributed by atoms with E-state index in [1.54, 1.807) is 31.2 Å². The summed E-state index contributed by atoms with van der Waals surface area (Å²) >= 11 is 0. The Morgan fingerprint density at radius 1 is 1.17 bits per heavy atom. The van der Waals surface area contributed by atoms with Gasteiger partial charge in [0.05, 0.1) is 22.8 Å². The first-order chi connectivity index (χ1) is 14.0. The molecule has 2 aromatic rings. The summed E-state index contributed by atoms with van der Waals surface area (Å²) in [6, 6.07) is 11.4. The summed E-state index contributed by atoms with van der Waals surface area (Å²) in [6.45, 7) is 7.91. The second-order valence-corrected chi connectivity index (χ2v) is 9.88. The molecule has 30 heavy (non-hydrogen) atoms. The number of benzene rings is 2. The summed E-state index contributed by atoms with van der Waals surface area (Å²) in [4.78, 5) is 24.3. The monoisotopic (exact) mass is 431 g/mol. The molecule has 160 valence electrons. The fourth-order valence-electron chi connectivity index (χ4n) is 3.08. The van der Waals surface area contributed by atoms with Gasteiger partial charge in [-0.25, -0.2) is 18.0 Å². The van der Waals surface area contributed by atoms with Crippen LogP contribution in [0.2, 0.25) is 0 Å². The molecule has 0 aliphatic carbocycles. The van der Waals surface area contributed by atoms with E-state index in [0.29, 0.717) is 5.56 Å². The third-order valence-corrected chi connectivity index (χ3v) is 6.38. The molecule has 0 bridgehead atoms. The Morgan fingerprint density at radius 2 is 1.87 bits per heavy atom. The van der Waals surface area contributed by atoms with Crippen LogP contribution in [0.15, 0.2) is 47.4 Å². The summed E-state index contributed by atoms with van der Waals surface area (Å²) in [5.41, 5.74) is 1.33. The molecule has 1 saturated heterocycles. The van der Waals surface area contributed by atoms with Gasteiger partial charge in [-0.1, -0.05) is 45.0 Å². The van der Waals surface area contributed by atoms with Gasteiger partial charge in [-0.05, 0) is 41.7 Å². The van der Waals surface area contributed by atoms with Crippen LogP contribution in [0, 0.1) is 6.92 Å². The molecular weight excluding hydrogens is 406 g/mol. The van der Waals surface area contributed by atoms with Gasteiger partial charge in [-0.15, -0.1) is 0 Å². The maximum absolute atomic E-state index is 13.1. The van der Waals surface area contributed by atoms with Crippen LogP contribution in [0.1, 0.15) is 48.7 Å². The van der Waals surface area contributed by atoms with Crippen LogP contribution in [-0.4, -0.2) is 33.1 Å². The quantitative estimate of drug-likeness (QED) is 0.727. The minimum absolute atomic E-state index is 0.0189. The molecule has 1 atom stereocenters. The van der Waals surface area contributed by atoms with Crippen LogP contribution in [0.4, 0.5) is 5.69 Å². The van der Waals surface area contributed by atoms with Crippen LogP contribution >= 0.6 is 0 Å². The van der Waals surface area contributed by atoms with Gasteiger partial charge in [0.2, 0.25) is 6.10 Å². The van der Waals surface area contributed by atoms with Crippen LogP contribution < -0.4 is 4.72 Å². The van der Waals surface area contributed by atoms with Gasteiger partial charge < -0.3 is 9.47 Å². The molecule has 7 nitrogen and oxygen atoms in total. The molecule has 0 aromatic heterocycles. The number of rotatable bonds is 5. The van der Waals surface area contributed by atoms with E-state index in [1.165, 1.54) is 12.1 Å². The van der Waals surface area contributed by atoms with E-state index in [2.05, 4.69) is 4.72 Å². The average molecular weight is 432 g/mol. The molecular formula is C22H25NO6S. The molecule has 1 N–H and O–H groups in total. The zero-order chi connectivity index (χ0) is 22.1. The lowest BCUT2D eigenvalue weighted by Crippen LogP contribution is -2.24. The molecule has 1 fully saturated rings. The standard InChI is InChI=1S/C22H25NO6S/c1-14-9-10-15(22(2,3)4)13-19(14)30(26,27)23-17-8-6-5-7-16(17)20(24)29-18-11-12-28-21(18)25/h5-10,13,18,23H,11-12H2,1-4H3. The molecule has 3 rings (SSSR count). The normalized spacial score (nSPS) is 16.8. The minimum atomic E-state index is -3.97. The van der Waals surface area contributed by atoms with E-state index in [4.69, 9.17) is 9.47 Å². The zero-order valence-electron chi connectivity index (χ0n) is 17.4. The number of hydrogen-bond acceptors (Lipinski definition) is 6. The number of hydrogen-bond donors (Lipinski definition) is 1. The highest BCUT2D eigenvalue weighted by Crippen LogP contribution is 2.29. The highest BCUT2D eigenvalue weighted by Gasteiger charge is 2.31. The van der Waals surface area contributed by atoms with Crippen LogP contribution in [0.5, 0.6) is 0 Å². The van der Waals surface area contributed by atoms with Gasteiger partial charge in [0.1, 0.15) is 0 Å². The van der Waals surface area contributed by atoms with E-state index in [-0.39, 0.29) is 34.6 Å². The van der Waals surface area contributed by atoms with Crippen LogP contribution in [0.25, 0.3) is 0 Å². The van der Waals surface area contributed by atoms with Gasteiger partial charge in [0.25, 0.3) is 10.0 Å². The van der Waals surface area contributed by atoms with E-state index in [1.807, 2.05) is 26.8 Å². The number of sulfonamides is 1. The predicted octanol–water partition coefficient (Wildman–Crippen LogP) is 3.57. The van der Waals surface area contributed by atoms with Crippen molar-refractivity contribution in [3.63, 3.8) is 0 Å². The van der Waals surface area contributed by atoms with Crippen molar-refractivity contribution >= 4 is 27.6 Å². The first-order valence-corrected chi connectivity index (χ1v) is 11.1. The molecule has 0 spiro atoms. The second-order valence-electron chi connectivity index (χ2n) is 8.23. The number of aryl methyl sites for hydroxylation is 1. The zero-order valence-corrected chi connectivity index (χ0v) is 18.2. The van der Waals surface area contributed by atoms with Crippen molar-refractivity contribution < 1.29 is 27.5 Å². The number of para-hydroxylation sites is 1. The average Bonchev–Trinajstić information content (AvgIpc) is 3.05. The number of carbonyl (C=O) groups is 2. The summed E-state index contributed by atoms with van der Waals surface area (Å²) in [6.07, 6.45) is -0.704. The van der Waals surface area contributed by atoms with Gasteiger partial charge in [-0.3, -0.25) is 4.72 Å². The Balaban J connectivity index is 1.91. The van der Waals surface area contributed by atoms with Crippen molar-refractivity contribution in [1.29, 1.82) is 0 Å². The molecule has 0 radical (unpaired) electrons. The molecule has 2 aromatic carbocycles. The van der Waals surface area contributed by atoms with Crippen molar-refractivity contribution in [1.82, 2.24) is 0 Å². The van der Waals surface area contributed by atoms with Crippen molar-refractivity contribution in [3.8, 4) is 0 Å². The lowest BCUT2D eigenvalue weighted by Gasteiger charge is -2.21. The first kappa shape index (κ1) is 21.8. The summed E-state index contributed by atoms with van der Waals surface area (Å²) < 4.78 is 38.8. The van der Waals surface area contributed by atoms with E-state index in [9.17, 15) is 18.0 Å². The molecule has 8 heteroatoms. The van der Waals surface area contributed by atoms with Gasteiger partial charge >= 0.3 is 11.9 Å². The predicted molar refractivity (Wildman–Crippen MR) is 112 cm³/mol. The Bertz CT molecular complexity index is 1090. The topological polar surface area (TPSA) is 98.8 Å². The molecule has 0 amide bonds. The number of anilines is 1. The van der Waals surface area contributed by atoms with Crippen molar-refractivity contribution in [2.45, 2.75) is 50.5 Å². The van der Waals surface area contributed by atoms with Crippen LogP contribution in [0.3, 0.4) is 0 Å². The fraction of sp³-hybridized carbons (Fsp3) is 0.364. The maximum atomic E-state index is 13.1. The number of carbonyl (C=O) groups excluding carboxylic acids is 2. The van der Waals surface area contributed by atoms with Crippen molar-refractivity contribution in [3.05, 3.63) is 59.2 Å². The highest BCUT2D eigenvalue weighted by molar-refractivity contribution is 7.92. The summed E-state index contributed by atoms with van der Waals surface area (Å²) in [5.74, 6) is -1.40. The number of cyclic esters (lactones) is 1. The number of nitrogens with one attached hydrogen (secondary N) is 1. The summed E-state index contributed by atoms with van der Waals surface area (Å²) in [5, 5.41) is 0. The van der Waals surface area contributed by atoms with E-state index in [0.717, 1.165) is 5.56 Å². The third kappa shape index (κ3) is 4.64. The Labute approximate surface area is 176 Å². The van der Waals surface area contributed by atoms with Gasteiger partial charge in [0, 0.05) is 6.42 Å². The van der Waals surface area contributed by atoms with E-state index >= 15 is 0 Å². The van der Waals surface area contributed by atoms with Gasteiger partial charge in [0.15, 0.2) is 0 Å². The molecule has 1 unspecified atom stereocenters. The third-order valence-electron chi connectivity index (χ3n) is 4.87. The van der Waals surface area contributed by atoms with Crippen molar-refractivity contribution in [2.24, 2.45) is 0 Å². The number of ether oxygens (including phenoxy) is 2. The molecule has 1 heterocycles.